The maximum atomic E-state index is 12.6. The number of rotatable bonds is 4. The Morgan fingerprint density at radius 2 is 1.80 bits per heavy atom. The first kappa shape index (κ1) is 16.1. The number of nitrogens with zero attached hydrogens (tertiary/aromatic N) is 4. The summed E-state index contributed by atoms with van der Waals surface area (Å²) in [6, 6.07) is 20.0. The summed E-state index contributed by atoms with van der Waals surface area (Å²) in [5.41, 5.74) is 2.42. The molecular formula is C19H15N5O. The van der Waals surface area contributed by atoms with E-state index in [0.29, 0.717) is 11.4 Å². The molecule has 25 heavy (non-hydrogen) atoms. The first-order valence-electron chi connectivity index (χ1n) is 7.60. The van der Waals surface area contributed by atoms with Gasteiger partial charge in [-0.2, -0.15) is 5.26 Å². The van der Waals surface area contributed by atoms with Crippen LogP contribution in [0.3, 0.4) is 0 Å². The molecule has 0 aliphatic heterocycles. The quantitative estimate of drug-likeness (QED) is 0.793. The van der Waals surface area contributed by atoms with E-state index in [2.05, 4.69) is 21.4 Å². The second kappa shape index (κ2) is 7.23. The molecule has 0 aliphatic rings. The fourth-order valence-corrected chi connectivity index (χ4v) is 2.26. The second-order valence-electron chi connectivity index (χ2n) is 5.30. The zero-order chi connectivity index (χ0) is 17.6. The van der Waals surface area contributed by atoms with E-state index in [-0.39, 0.29) is 11.6 Å². The first-order chi connectivity index (χ1) is 12.2. The molecule has 0 saturated carbocycles. The number of hydrogen-bond acceptors (Lipinski definition) is 5. The molecule has 3 aromatic rings. The number of nitrogens with one attached hydrogen (secondary N) is 1. The lowest BCUT2D eigenvalue weighted by Crippen LogP contribution is -2.27. The summed E-state index contributed by atoms with van der Waals surface area (Å²) in [7, 11) is 1.70. The Morgan fingerprint density at radius 3 is 2.48 bits per heavy atom. The molecule has 0 atom stereocenters. The Morgan fingerprint density at radius 1 is 1.08 bits per heavy atom. The van der Waals surface area contributed by atoms with Gasteiger partial charge in [-0.15, -0.1) is 0 Å². The molecule has 3 rings (SSSR count). The Labute approximate surface area is 145 Å². The summed E-state index contributed by atoms with van der Waals surface area (Å²) < 4.78 is 0. The van der Waals surface area contributed by atoms with Crippen molar-refractivity contribution in [2.45, 2.75) is 0 Å². The van der Waals surface area contributed by atoms with Crippen LogP contribution < -0.4 is 10.2 Å². The summed E-state index contributed by atoms with van der Waals surface area (Å²) in [5.74, 6) is 0.279. The van der Waals surface area contributed by atoms with E-state index in [9.17, 15) is 4.79 Å². The minimum atomic E-state index is -0.225. The molecular weight excluding hydrogens is 314 g/mol. The van der Waals surface area contributed by atoms with Gasteiger partial charge in [0.2, 0.25) is 0 Å². The third kappa shape index (κ3) is 3.79. The van der Waals surface area contributed by atoms with Crippen LogP contribution in [0.25, 0.3) is 0 Å². The third-order valence-electron chi connectivity index (χ3n) is 3.62. The van der Waals surface area contributed by atoms with Crippen molar-refractivity contribution in [3.05, 3.63) is 78.2 Å². The average Bonchev–Trinajstić information content (AvgIpc) is 2.68. The van der Waals surface area contributed by atoms with Crippen LogP contribution in [0, 0.1) is 11.3 Å². The largest absolute Gasteiger partial charge is 0.340 e. The van der Waals surface area contributed by atoms with E-state index in [0.717, 1.165) is 11.4 Å². The van der Waals surface area contributed by atoms with Gasteiger partial charge >= 0.3 is 0 Å². The molecule has 6 heteroatoms. The highest BCUT2D eigenvalue weighted by Gasteiger charge is 2.15. The minimum absolute atomic E-state index is 0.225. The number of carbonyl (C=O) groups excluding carboxylic acids is 1. The summed E-state index contributed by atoms with van der Waals surface area (Å²) in [6.07, 6.45) is 1.35. The monoisotopic (exact) mass is 329 g/mol. The highest BCUT2D eigenvalue weighted by Crippen LogP contribution is 2.18. The van der Waals surface area contributed by atoms with Gasteiger partial charge in [-0.25, -0.2) is 9.97 Å². The standard InChI is InChI=1S/C19H15N5O/c1-24(16-5-3-2-4-6-16)19(25)17-11-18(22-13-21-17)23-15-9-7-14(12-20)8-10-15/h2-11,13H,1H3,(H,21,22,23). The number of nitriles is 1. The minimum Gasteiger partial charge on any atom is -0.340 e. The summed E-state index contributed by atoms with van der Waals surface area (Å²) in [5, 5.41) is 11.9. The number of benzene rings is 2. The van der Waals surface area contributed by atoms with Crippen molar-refractivity contribution in [2.75, 3.05) is 17.3 Å². The van der Waals surface area contributed by atoms with Crippen LogP contribution in [-0.4, -0.2) is 22.9 Å². The van der Waals surface area contributed by atoms with Crippen LogP contribution in [0.1, 0.15) is 16.1 Å². The Kier molecular flexibility index (Phi) is 4.67. The van der Waals surface area contributed by atoms with Crippen LogP contribution >= 0.6 is 0 Å². The van der Waals surface area contributed by atoms with Gasteiger partial charge in [-0.1, -0.05) is 18.2 Å². The Hall–Kier alpha value is -3.72. The lowest BCUT2D eigenvalue weighted by atomic mass is 10.2. The number of amides is 1. The van der Waals surface area contributed by atoms with Gasteiger partial charge in [0.25, 0.3) is 5.91 Å². The molecule has 1 amide bonds. The van der Waals surface area contributed by atoms with Gasteiger partial charge in [-0.3, -0.25) is 4.79 Å². The van der Waals surface area contributed by atoms with E-state index in [1.807, 2.05) is 30.3 Å². The summed E-state index contributed by atoms with van der Waals surface area (Å²) in [6.45, 7) is 0. The lowest BCUT2D eigenvalue weighted by Gasteiger charge is -2.17. The highest BCUT2D eigenvalue weighted by molar-refractivity contribution is 6.04. The van der Waals surface area contributed by atoms with Crippen LogP contribution in [0.2, 0.25) is 0 Å². The van der Waals surface area contributed by atoms with Crippen LogP contribution in [0.4, 0.5) is 17.2 Å². The SMILES string of the molecule is CN(C(=O)c1cc(Nc2ccc(C#N)cc2)ncn1)c1ccccc1. The molecule has 0 bridgehead atoms. The molecule has 0 spiro atoms. The number of anilines is 3. The predicted octanol–water partition coefficient (Wildman–Crippen LogP) is 3.37. The number of carbonyl (C=O) groups is 1. The number of hydrogen-bond donors (Lipinski definition) is 1. The molecule has 0 unspecified atom stereocenters. The molecule has 0 radical (unpaired) electrons. The first-order valence-corrected chi connectivity index (χ1v) is 7.60. The summed E-state index contributed by atoms with van der Waals surface area (Å²) >= 11 is 0. The average molecular weight is 329 g/mol. The molecule has 0 saturated heterocycles. The smallest absolute Gasteiger partial charge is 0.276 e. The molecule has 2 aromatic carbocycles. The fourth-order valence-electron chi connectivity index (χ4n) is 2.26. The highest BCUT2D eigenvalue weighted by atomic mass is 16.2. The fraction of sp³-hybridized carbons (Fsp3) is 0.0526. The van der Waals surface area contributed by atoms with E-state index in [1.165, 1.54) is 11.2 Å². The molecule has 0 fully saturated rings. The number of para-hydroxylation sites is 1. The van der Waals surface area contributed by atoms with Crippen molar-refractivity contribution >= 4 is 23.1 Å². The van der Waals surface area contributed by atoms with Crippen LogP contribution in [0.15, 0.2) is 67.0 Å². The van der Waals surface area contributed by atoms with Crippen molar-refractivity contribution in [3.8, 4) is 6.07 Å². The van der Waals surface area contributed by atoms with E-state index < -0.39 is 0 Å². The maximum absolute atomic E-state index is 12.6. The van der Waals surface area contributed by atoms with E-state index in [4.69, 9.17) is 5.26 Å². The number of aromatic nitrogens is 2. The zero-order valence-electron chi connectivity index (χ0n) is 13.5. The molecule has 1 aromatic heterocycles. The lowest BCUT2D eigenvalue weighted by molar-refractivity contribution is 0.0988. The van der Waals surface area contributed by atoms with Crippen molar-refractivity contribution < 1.29 is 4.79 Å². The Bertz CT molecular complexity index is 917. The van der Waals surface area contributed by atoms with Crippen molar-refractivity contribution in [2.24, 2.45) is 0 Å². The summed E-state index contributed by atoms with van der Waals surface area (Å²) in [4.78, 5) is 22.3. The van der Waals surface area contributed by atoms with Crippen molar-refractivity contribution in [1.29, 1.82) is 5.26 Å². The van der Waals surface area contributed by atoms with E-state index >= 15 is 0 Å². The topological polar surface area (TPSA) is 81.9 Å². The third-order valence-corrected chi connectivity index (χ3v) is 3.62. The van der Waals surface area contributed by atoms with Gasteiger partial charge in [0.05, 0.1) is 11.6 Å². The van der Waals surface area contributed by atoms with Gasteiger partial charge in [-0.05, 0) is 36.4 Å². The second-order valence-corrected chi connectivity index (χ2v) is 5.30. The molecule has 122 valence electrons. The van der Waals surface area contributed by atoms with Gasteiger partial charge in [0.1, 0.15) is 17.8 Å². The zero-order valence-corrected chi connectivity index (χ0v) is 13.5. The molecule has 1 heterocycles. The van der Waals surface area contributed by atoms with Gasteiger partial charge < -0.3 is 10.2 Å². The Balaban J connectivity index is 1.78. The molecule has 6 nitrogen and oxygen atoms in total. The van der Waals surface area contributed by atoms with Crippen LogP contribution in [0.5, 0.6) is 0 Å². The normalized spacial score (nSPS) is 9.92. The van der Waals surface area contributed by atoms with Crippen molar-refractivity contribution in [3.63, 3.8) is 0 Å². The van der Waals surface area contributed by atoms with Crippen molar-refractivity contribution in [1.82, 2.24) is 9.97 Å². The molecule has 1 N–H and O–H groups in total. The van der Waals surface area contributed by atoms with Gasteiger partial charge in [0, 0.05) is 24.5 Å². The van der Waals surface area contributed by atoms with Gasteiger partial charge in [0.15, 0.2) is 0 Å². The maximum Gasteiger partial charge on any atom is 0.276 e. The molecule has 0 aliphatic carbocycles. The van der Waals surface area contributed by atoms with Crippen LogP contribution in [-0.2, 0) is 0 Å². The van der Waals surface area contributed by atoms with E-state index in [1.54, 1.807) is 37.4 Å². The predicted molar refractivity (Wildman–Crippen MR) is 95.6 cm³/mol.